The van der Waals surface area contributed by atoms with Gasteiger partial charge in [0.05, 0.1) is 18.6 Å². The van der Waals surface area contributed by atoms with Crippen molar-refractivity contribution in [3.05, 3.63) is 52.5 Å². The predicted molar refractivity (Wildman–Crippen MR) is 118 cm³/mol. The molecule has 182 valence electrons. The molecule has 4 aromatic rings. The molecule has 10 nitrogen and oxygen atoms in total. The Morgan fingerprint density at radius 2 is 2.03 bits per heavy atom. The van der Waals surface area contributed by atoms with E-state index in [1.54, 1.807) is 6.92 Å². The molecule has 2 amide bonds. The summed E-state index contributed by atoms with van der Waals surface area (Å²) >= 11 is 0.589. The number of rotatable bonds is 6. The van der Waals surface area contributed by atoms with E-state index in [-0.39, 0.29) is 50.1 Å². The highest BCUT2D eigenvalue weighted by molar-refractivity contribution is 7.21. The van der Waals surface area contributed by atoms with Crippen molar-refractivity contribution in [2.75, 3.05) is 11.9 Å². The minimum Gasteiger partial charge on any atom is -0.464 e. The number of primary amides is 1. The molecule has 0 atom stereocenters. The van der Waals surface area contributed by atoms with Gasteiger partial charge < -0.3 is 20.2 Å². The molecule has 0 aliphatic rings. The van der Waals surface area contributed by atoms with E-state index in [0.717, 1.165) is 10.7 Å². The molecule has 0 saturated carbocycles. The number of nitrogens with zero attached hydrogens (tertiary/aromatic N) is 3. The van der Waals surface area contributed by atoms with E-state index in [9.17, 15) is 27.6 Å². The van der Waals surface area contributed by atoms with Crippen LogP contribution in [-0.4, -0.2) is 39.2 Å². The molecule has 4 heterocycles. The number of furan rings is 1. The highest BCUT2D eigenvalue weighted by atomic mass is 32.1. The average molecular weight is 507 g/mol. The van der Waals surface area contributed by atoms with Crippen molar-refractivity contribution in [2.45, 2.75) is 13.1 Å². The number of thiophene rings is 1. The van der Waals surface area contributed by atoms with Crippen LogP contribution in [0.25, 0.3) is 21.5 Å². The van der Waals surface area contributed by atoms with Crippen LogP contribution in [-0.2, 0) is 18.0 Å². The standard InChI is InChI=1S/C21H16F3N5O5S/c1-3-33-20(32)11-8-10(28-29(11)2)18(31)27-15-14-9(12-5-4-6-34-12)7-13(21(22,23)24)26-19(14)35-16(15)17(25)30/h4-8H,3H2,1-2H3,(H2,25,30)(H,27,31). The quantitative estimate of drug-likeness (QED) is 0.378. The van der Waals surface area contributed by atoms with Gasteiger partial charge in [-0.15, -0.1) is 11.3 Å². The second-order valence-electron chi connectivity index (χ2n) is 7.09. The molecule has 3 N–H and O–H groups in total. The summed E-state index contributed by atoms with van der Waals surface area (Å²) in [5, 5.41) is 6.49. The Kier molecular flexibility index (Phi) is 6.06. The monoisotopic (exact) mass is 507 g/mol. The number of aryl methyl sites for hydroxylation is 1. The third-order valence-electron chi connectivity index (χ3n) is 4.80. The molecule has 0 aliphatic heterocycles. The first-order chi connectivity index (χ1) is 16.5. The van der Waals surface area contributed by atoms with Crippen LogP contribution in [0.4, 0.5) is 18.9 Å². The molecule has 4 aromatic heterocycles. The zero-order chi connectivity index (χ0) is 25.5. The van der Waals surface area contributed by atoms with Crippen molar-refractivity contribution in [1.29, 1.82) is 0 Å². The first-order valence-corrected chi connectivity index (χ1v) is 10.7. The molecule has 0 unspecified atom stereocenters. The number of amides is 2. The second kappa shape index (κ2) is 8.87. The van der Waals surface area contributed by atoms with Crippen LogP contribution in [0.5, 0.6) is 0 Å². The van der Waals surface area contributed by atoms with Crippen LogP contribution in [0.15, 0.2) is 34.9 Å². The molecule has 14 heteroatoms. The summed E-state index contributed by atoms with van der Waals surface area (Å²) < 4.78 is 51.8. The van der Waals surface area contributed by atoms with Gasteiger partial charge in [0.1, 0.15) is 26.9 Å². The summed E-state index contributed by atoms with van der Waals surface area (Å²) in [5.41, 5.74) is 3.82. The Morgan fingerprint density at radius 3 is 2.63 bits per heavy atom. The minimum absolute atomic E-state index is 0.00457. The maximum absolute atomic E-state index is 13.5. The Hall–Kier alpha value is -4.20. The lowest BCUT2D eigenvalue weighted by Gasteiger charge is -2.10. The van der Waals surface area contributed by atoms with E-state index in [0.29, 0.717) is 11.3 Å². The molecule has 35 heavy (non-hydrogen) atoms. The zero-order valence-electron chi connectivity index (χ0n) is 18.1. The molecule has 0 aromatic carbocycles. The van der Waals surface area contributed by atoms with Crippen LogP contribution in [0, 0.1) is 0 Å². The highest BCUT2D eigenvalue weighted by Gasteiger charge is 2.35. The number of esters is 1. The van der Waals surface area contributed by atoms with Gasteiger partial charge >= 0.3 is 12.1 Å². The van der Waals surface area contributed by atoms with E-state index >= 15 is 0 Å². The van der Waals surface area contributed by atoms with Gasteiger partial charge in [0, 0.05) is 24.1 Å². The fourth-order valence-electron chi connectivity index (χ4n) is 3.31. The zero-order valence-corrected chi connectivity index (χ0v) is 18.9. The van der Waals surface area contributed by atoms with Crippen LogP contribution >= 0.6 is 11.3 Å². The normalized spacial score (nSPS) is 11.6. The highest BCUT2D eigenvalue weighted by Crippen LogP contribution is 2.43. The van der Waals surface area contributed by atoms with Crippen molar-refractivity contribution in [3.63, 3.8) is 0 Å². The number of nitrogens with two attached hydrogens (primary N) is 1. The number of fused-ring (bicyclic) bond motifs is 1. The Labute approximate surface area is 198 Å². The Bertz CT molecular complexity index is 1460. The molecule has 4 rings (SSSR count). The number of carbonyl (C=O) groups is 3. The lowest BCUT2D eigenvalue weighted by molar-refractivity contribution is -0.140. The summed E-state index contributed by atoms with van der Waals surface area (Å²) in [6.07, 6.45) is -3.52. The van der Waals surface area contributed by atoms with E-state index in [1.165, 1.54) is 31.5 Å². The maximum atomic E-state index is 13.5. The van der Waals surface area contributed by atoms with Gasteiger partial charge in [0.15, 0.2) is 5.69 Å². The number of aromatic nitrogens is 3. The van der Waals surface area contributed by atoms with E-state index in [1.807, 2.05) is 0 Å². The van der Waals surface area contributed by atoms with Gasteiger partial charge in [-0.3, -0.25) is 14.3 Å². The number of halogens is 3. The van der Waals surface area contributed by atoms with Crippen molar-refractivity contribution >= 4 is 45.0 Å². The molecular formula is C21H16F3N5O5S. The molecule has 0 aliphatic carbocycles. The number of carbonyl (C=O) groups excluding carboxylic acids is 3. The Morgan fingerprint density at radius 1 is 1.29 bits per heavy atom. The lowest BCUT2D eigenvalue weighted by Crippen LogP contribution is -2.17. The molecule has 0 bridgehead atoms. The maximum Gasteiger partial charge on any atom is 0.433 e. The molecule has 0 fully saturated rings. The smallest absolute Gasteiger partial charge is 0.433 e. The van der Waals surface area contributed by atoms with Gasteiger partial charge in [0.25, 0.3) is 11.8 Å². The lowest BCUT2D eigenvalue weighted by atomic mass is 10.1. The average Bonchev–Trinajstić information content (AvgIpc) is 3.51. The number of anilines is 1. The fraction of sp³-hybridized carbons (Fsp3) is 0.190. The summed E-state index contributed by atoms with van der Waals surface area (Å²) in [6.45, 7) is 1.72. The van der Waals surface area contributed by atoms with Gasteiger partial charge in [-0.05, 0) is 25.1 Å². The van der Waals surface area contributed by atoms with Crippen molar-refractivity contribution in [3.8, 4) is 11.3 Å². The van der Waals surface area contributed by atoms with Crippen molar-refractivity contribution in [2.24, 2.45) is 12.8 Å². The topological polar surface area (TPSA) is 142 Å². The number of hydrogen-bond donors (Lipinski definition) is 2. The number of pyridine rings is 1. The van der Waals surface area contributed by atoms with Gasteiger partial charge in [-0.25, -0.2) is 9.78 Å². The summed E-state index contributed by atoms with van der Waals surface area (Å²) in [5.74, 6) is -2.49. The summed E-state index contributed by atoms with van der Waals surface area (Å²) in [4.78, 5) is 40.4. The predicted octanol–water partition coefficient (Wildman–Crippen LogP) is 3.84. The number of hydrogen-bond acceptors (Lipinski definition) is 8. The van der Waals surface area contributed by atoms with Gasteiger partial charge in [0.2, 0.25) is 0 Å². The van der Waals surface area contributed by atoms with Gasteiger partial charge in [-0.1, -0.05) is 0 Å². The molecular weight excluding hydrogens is 491 g/mol. The largest absolute Gasteiger partial charge is 0.464 e. The van der Waals surface area contributed by atoms with E-state index in [4.69, 9.17) is 14.9 Å². The Balaban J connectivity index is 1.87. The third-order valence-corrected chi connectivity index (χ3v) is 5.90. The van der Waals surface area contributed by atoms with Gasteiger partial charge in [-0.2, -0.15) is 18.3 Å². The first-order valence-electron chi connectivity index (χ1n) is 9.92. The van der Waals surface area contributed by atoms with E-state index < -0.39 is 29.7 Å². The van der Waals surface area contributed by atoms with Crippen LogP contribution in [0.2, 0.25) is 0 Å². The van der Waals surface area contributed by atoms with Crippen LogP contribution in [0.1, 0.15) is 43.3 Å². The third kappa shape index (κ3) is 4.47. The first kappa shape index (κ1) is 23.9. The summed E-state index contributed by atoms with van der Waals surface area (Å²) in [7, 11) is 1.43. The molecule has 0 saturated heterocycles. The minimum atomic E-state index is -4.78. The van der Waals surface area contributed by atoms with Crippen LogP contribution < -0.4 is 11.1 Å². The van der Waals surface area contributed by atoms with E-state index in [2.05, 4.69) is 15.4 Å². The molecule has 0 radical (unpaired) electrons. The van der Waals surface area contributed by atoms with Crippen LogP contribution in [0.3, 0.4) is 0 Å². The SMILES string of the molecule is CCOC(=O)c1cc(C(=O)Nc2c(C(N)=O)sc3nc(C(F)(F)F)cc(-c4ccco4)c23)nn1C. The fourth-order valence-corrected chi connectivity index (χ4v) is 4.32. The second-order valence-corrected chi connectivity index (χ2v) is 8.09. The number of alkyl halides is 3. The molecule has 0 spiro atoms. The summed E-state index contributed by atoms with van der Waals surface area (Å²) in [6, 6.07) is 4.83. The number of nitrogens with one attached hydrogen (secondary N) is 1. The van der Waals surface area contributed by atoms with Crippen molar-refractivity contribution < 1.29 is 36.7 Å². The number of ether oxygens (including phenoxy) is 1. The van der Waals surface area contributed by atoms with Crippen molar-refractivity contribution in [1.82, 2.24) is 14.8 Å².